The Morgan fingerprint density at radius 1 is 0.971 bits per heavy atom. The topological polar surface area (TPSA) is 54.5 Å². The number of halogens is 2. The van der Waals surface area contributed by atoms with E-state index in [0.717, 1.165) is 11.3 Å². The summed E-state index contributed by atoms with van der Waals surface area (Å²) in [4.78, 5) is 43.5. The quantitative estimate of drug-likeness (QED) is 0.463. The molecule has 6 heteroatoms. The molecule has 3 atom stereocenters. The molecule has 0 aromatic heterocycles. The van der Waals surface area contributed by atoms with Gasteiger partial charge in [-0.15, -0.1) is 0 Å². The van der Waals surface area contributed by atoms with E-state index in [1.165, 1.54) is 19.1 Å². The summed E-state index contributed by atoms with van der Waals surface area (Å²) in [5, 5.41) is 0.547. The van der Waals surface area contributed by atoms with Crippen molar-refractivity contribution in [2.75, 3.05) is 4.90 Å². The van der Waals surface area contributed by atoms with Gasteiger partial charge >= 0.3 is 0 Å². The summed E-state index contributed by atoms with van der Waals surface area (Å²) in [5.41, 5.74) is 1.29. The van der Waals surface area contributed by atoms with Gasteiger partial charge in [-0.25, -0.2) is 4.39 Å². The molecular formula is C28H19ClFNO3. The van der Waals surface area contributed by atoms with Crippen molar-refractivity contribution in [2.24, 2.45) is 5.41 Å². The maximum Gasteiger partial charge on any atom is 0.180 e. The fraction of sp³-hybridized carbons (Fsp3) is 0.179. The predicted molar refractivity (Wildman–Crippen MR) is 128 cm³/mol. The fourth-order valence-corrected chi connectivity index (χ4v) is 6.32. The lowest BCUT2D eigenvalue weighted by atomic mass is 9.64. The highest BCUT2D eigenvalue weighted by atomic mass is 35.5. The minimum absolute atomic E-state index is 0.177. The highest BCUT2D eigenvalue weighted by Crippen LogP contribution is 2.60. The van der Waals surface area contributed by atoms with E-state index in [1.807, 2.05) is 23.1 Å². The van der Waals surface area contributed by atoms with Crippen LogP contribution in [0.25, 0.3) is 6.08 Å². The van der Waals surface area contributed by atoms with Crippen molar-refractivity contribution in [3.05, 3.63) is 106 Å². The van der Waals surface area contributed by atoms with Crippen LogP contribution in [0.5, 0.6) is 0 Å². The third kappa shape index (κ3) is 2.56. The van der Waals surface area contributed by atoms with Crippen LogP contribution in [0.1, 0.15) is 44.7 Å². The first-order valence-electron chi connectivity index (χ1n) is 11.1. The molecule has 0 radical (unpaired) electrons. The summed E-state index contributed by atoms with van der Waals surface area (Å²) in [6, 6.07) is 16.4. The van der Waals surface area contributed by atoms with Crippen molar-refractivity contribution in [3.8, 4) is 0 Å². The number of nitrogens with zero attached hydrogens (tertiary/aromatic N) is 1. The van der Waals surface area contributed by atoms with Gasteiger partial charge in [0, 0.05) is 27.8 Å². The number of anilines is 1. The largest absolute Gasteiger partial charge is 0.352 e. The van der Waals surface area contributed by atoms with Crippen LogP contribution in [0, 0.1) is 11.2 Å². The molecule has 3 aromatic rings. The molecule has 34 heavy (non-hydrogen) atoms. The molecule has 168 valence electrons. The maximum absolute atomic E-state index is 14.2. The molecule has 1 aliphatic carbocycles. The summed E-state index contributed by atoms with van der Waals surface area (Å²) in [6.45, 7) is 1.47. The normalized spacial score (nSPS) is 23.7. The molecule has 1 unspecified atom stereocenters. The highest BCUT2D eigenvalue weighted by Gasteiger charge is 2.71. The molecule has 0 bridgehead atoms. The smallest absolute Gasteiger partial charge is 0.180 e. The highest BCUT2D eigenvalue weighted by molar-refractivity contribution is 6.32. The SMILES string of the molecule is CC(=O)[C@H]1[C@H](c2ccc(F)cc2)C2(C(=O)c3ccccc3C2=O)C2C=Cc3cc(Cl)ccc3N21. The van der Waals surface area contributed by atoms with Crippen LogP contribution in [0.4, 0.5) is 10.1 Å². The second-order valence-electron chi connectivity index (χ2n) is 9.07. The Morgan fingerprint density at radius 3 is 2.24 bits per heavy atom. The fourth-order valence-electron chi connectivity index (χ4n) is 6.14. The molecule has 2 aliphatic heterocycles. The summed E-state index contributed by atoms with van der Waals surface area (Å²) < 4.78 is 13.9. The van der Waals surface area contributed by atoms with Gasteiger partial charge in [-0.2, -0.15) is 0 Å². The monoisotopic (exact) mass is 471 g/mol. The van der Waals surface area contributed by atoms with Crippen molar-refractivity contribution in [2.45, 2.75) is 24.9 Å². The molecule has 2 heterocycles. The number of rotatable bonds is 2. The zero-order valence-electron chi connectivity index (χ0n) is 18.2. The van der Waals surface area contributed by atoms with E-state index in [1.54, 1.807) is 48.5 Å². The van der Waals surface area contributed by atoms with Crippen LogP contribution in [-0.4, -0.2) is 29.4 Å². The second kappa shape index (κ2) is 7.21. The van der Waals surface area contributed by atoms with Crippen molar-refractivity contribution in [1.29, 1.82) is 0 Å². The van der Waals surface area contributed by atoms with Gasteiger partial charge in [-0.1, -0.05) is 60.2 Å². The van der Waals surface area contributed by atoms with Gasteiger partial charge in [-0.3, -0.25) is 14.4 Å². The zero-order valence-corrected chi connectivity index (χ0v) is 18.9. The van der Waals surface area contributed by atoms with E-state index in [9.17, 15) is 18.8 Å². The summed E-state index contributed by atoms with van der Waals surface area (Å²) in [6.07, 6.45) is 3.69. The average molecular weight is 472 g/mol. The van der Waals surface area contributed by atoms with E-state index in [0.29, 0.717) is 21.7 Å². The summed E-state index contributed by atoms with van der Waals surface area (Å²) in [5.74, 6) is -2.01. The van der Waals surface area contributed by atoms with Crippen LogP contribution in [0.15, 0.2) is 72.8 Å². The molecule has 6 rings (SSSR count). The van der Waals surface area contributed by atoms with Crippen molar-refractivity contribution in [3.63, 3.8) is 0 Å². The number of hydrogen-bond donors (Lipinski definition) is 0. The Labute approximate surface area is 200 Å². The van der Waals surface area contributed by atoms with Crippen LogP contribution in [0.3, 0.4) is 0 Å². The molecular weight excluding hydrogens is 453 g/mol. The molecule has 1 spiro atoms. The first-order valence-corrected chi connectivity index (χ1v) is 11.4. The molecule has 1 saturated heterocycles. The van der Waals surface area contributed by atoms with Crippen LogP contribution in [0.2, 0.25) is 5.02 Å². The van der Waals surface area contributed by atoms with Crippen molar-refractivity contribution < 1.29 is 18.8 Å². The number of Topliss-reactive ketones (excluding diaryl/α,β-unsaturated/α-hetero) is 3. The number of hydrogen-bond acceptors (Lipinski definition) is 4. The van der Waals surface area contributed by atoms with Gasteiger partial charge < -0.3 is 4.90 Å². The van der Waals surface area contributed by atoms with Crippen molar-refractivity contribution >= 4 is 40.7 Å². The minimum atomic E-state index is -1.55. The summed E-state index contributed by atoms with van der Waals surface area (Å²) in [7, 11) is 0. The van der Waals surface area contributed by atoms with E-state index in [-0.39, 0.29) is 17.3 Å². The number of carbonyl (C=O) groups excluding carboxylic acids is 3. The van der Waals surface area contributed by atoms with E-state index < -0.39 is 29.2 Å². The zero-order chi connectivity index (χ0) is 23.8. The number of fused-ring (bicyclic) bond motifs is 5. The van der Waals surface area contributed by atoms with Crippen LogP contribution in [-0.2, 0) is 4.79 Å². The molecule has 3 aromatic carbocycles. The van der Waals surface area contributed by atoms with Crippen LogP contribution < -0.4 is 4.90 Å². The minimum Gasteiger partial charge on any atom is -0.352 e. The number of ketones is 3. The number of carbonyl (C=O) groups is 3. The third-order valence-electron chi connectivity index (χ3n) is 7.41. The lowest BCUT2D eigenvalue weighted by molar-refractivity contribution is -0.118. The van der Waals surface area contributed by atoms with Gasteiger partial charge in [0.2, 0.25) is 0 Å². The molecule has 1 fully saturated rings. The molecule has 0 N–H and O–H groups in total. The Bertz CT molecular complexity index is 1390. The van der Waals surface area contributed by atoms with Gasteiger partial charge in [0.1, 0.15) is 11.2 Å². The van der Waals surface area contributed by atoms with Gasteiger partial charge in [0.05, 0.1) is 12.1 Å². The van der Waals surface area contributed by atoms with Crippen molar-refractivity contribution in [1.82, 2.24) is 0 Å². The summed E-state index contributed by atoms with van der Waals surface area (Å²) >= 11 is 6.22. The van der Waals surface area contributed by atoms with Crippen LogP contribution >= 0.6 is 11.6 Å². The predicted octanol–water partition coefficient (Wildman–Crippen LogP) is 5.50. The second-order valence-corrected chi connectivity index (χ2v) is 9.51. The van der Waals surface area contributed by atoms with E-state index >= 15 is 0 Å². The standard InChI is InChI=1S/C28H19ClFNO3/c1-15(32)25-24(16-6-10-19(30)11-7-16)28(26(33)20-4-2-3-5-21(20)27(28)34)23-13-8-17-14-18(29)9-12-22(17)31(23)25/h2-14,23-25H,1H3/t23?,24-,25-/m0/s1. The van der Waals surface area contributed by atoms with E-state index in [2.05, 4.69) is 0 Å². The number of benzene rings is 3. The molecule has 3 aliphatic rings. The van der Waals surface area contributed by atoms with Gasteiger partial charge in [-0.05, 0) is 48.4 Å². The van der Waals surface area contributed by atoms with Gasteiger partial charge in [0.25, 0.3) is 0 Å². The molecule has 0 saturated carbocycles. The third-order valence-corrected chi connectivity index (χ3v) is 7.65. The Hall–Kier alpha value is -3.57. The average Bonchev–Trinajstić information content (AvgIpc) is 3.26. The lowest BCUT2D eigenvalue weighted by Gasteiger charge is -2.37. The first-order chi connectivity index (χ1) is 16.4. The molecule has 4 nitrogen and oxygen atoms in total. The Balaban J connectivity index is 1.68. The maximum atomic E-state index is 14.2. The molecule has 0 amide bonds. The van der Waals surface area contributed by atoms with E-state index in [4.69, 9.17) is 11.6 Å². The first kappa shape index (κ1) is 21.0. The Kier molecular flexibility index (Phi) is 4.45. The Morgan fingerprint density at radius 2 is 1.62 bits per heavy atom. The lowest BCUT2D eigenvalue weighted by Crippen LogP contribution is -2.48. The van der Waals surface area contributed by atoms with Gasteiger partial charge in [0.15, 0.2) is 17.3 Å².